The molecular formula is C17H17ClN6O2S2. The Morgan fingerprint density at radius 3 is 2.79 bits per heavy atom. The van der Waals surface area contributed by atoms with E-state index in [1.165, 1.54) is 23.1 Å². The lowest BCUT2D eigenvalue weighted by Crippen LogP contribution is -2.24. The van der Waals surface area contributed by atoms with Gasteiger partial charge in [0.05, 0.1) is 28.6 Å². The number of aromatic nitrogens is 4. The summed E-state index contributed by atoms with van der Waals surface area (Å²) in [7, 11) is 1.78. The number of nitrogens with one attached hydrogen (secondary N) is 2. The summed E-state index contributed by atoms with van der Waals surface area (Å²) in [4.78, 5) is 28.4. The summed E-state index contributed by atoms with van der Waals surface area (Å²) in [5.41, 5.74) is 1.26. The fourth-order valence-corrected chi connectivity index (χ4v) is 3.88. The fourth-order valence-electron chi connectivity index (χ4n) is 2.22. The second kappa shape index (κ2) is 9.18. The fraction of sp³-hybridized carbons (Fsp3) is 0.235. The molecule has 0 saturated heterocycles. The van der Waals surface area contributed by atoms with Crippen LogP contribution in [0.15, 0.2) is 34.8 Å². The lowest BCUT2D eigenvalue weighted by molar-refractivity contribution is -0.113. The van der Waals surface area contributed by atoms with Gasteiger partial charge in [-0.15, -0.1) is 21.5 Å². The minimum atomic E-state index is -0.291. The molecule has 0 bridgehead atoms. The topological polar surface area (TPSA) is 102 Å². The van der Waals surface area contributed by atoms with Crippen LogP contribution in [0.2, 0.25) is 5.02 Å². The van der Waals surface area contributed by atoms with E-state index in [1.54, 1.807) is 35.9 Å². The number of thiazole rings is 1. The van der Waals surface area contributed by atoms with Crippen LogP contribution in [-0.4, -0.2) is 37.3 Å². The highest BCUT2D eigenvalue weighted by Crippen LogP contribution is 2.19. The minimum Gasteiger partial charge on any atom is -0.345 e. The molecule has 0 aliphatic rings. The molecule has 0 atom stereocenters. The van der Waals surface area contributed by atoms with Crippen molar-refractivity contribution in [3.05, 3.63) is 51.7 Å². The first-order valence-corrected chi connectivity index (χ1v) is 10.4. The Morgan fingerprint density at radius 2 is 2.07 bits per heavy atom. The van der Waals surface area contributed by atoms with E-state index in [2.05, 4.69) is 25.8 Å². The molecule has 3 rings (SSSR count). The van der Waals surface area contributed by atoms with Crippen LogP contribution < -0.4 is 10.6 Å². The van der Waals surface area contributed by atoms with E-state index in [1.807, 2.05) is 12.3 Å². The highest BCUT2D eigenvalue weighted by Gasteiger charge is 2.14. The maximum absolute atomic E-state index is 12.2. The maximum Gasteiger partial charge on any atom is 0.253 e. The zero-order valence-corrected chi connectivity index (χ0v) is 17.5. The van der Waals surface area contributed by atoms with Gasteiger partial charge < -0.3 is 15.2 Å². The van der Waals surface area contributed by atoms with E-state index < -0.39 is 0 Å². The average Bonchev–Trinajstić information content (AvgIpc) is 3.23. The maximum atomic E-state index is 12.2. The van der Waals surface area contributed by atoms with Crippen LogP contribution >= 0.6 is 34.7 Å². The van der Waals surface area contributed by atoms with Crippen molar-refractivity contribution in [2.24, 2.45) is 7.05 Å². The number of rotatable bonds is 7. The molecule has 3 aromatic rings. The van der Waals surface area contributed by atoms with E-state index in [0.717, 1.165) is 5.69 Å². The number of benzene rings is 1. The standard InChI is InChI=1S/C17H17ClN6O2S2/c1-10-8-27-16(20-10)21-14(25)9-28-17-23-22-13(24(17)2)7-19-15(26)11-5-3-4-6-12(11)18/h3-6,8H,7,9H2,1-2H3,(H,19,26)(H,20,21,25). The predicted molar refractivity (Wildman–Crippen MR) is 110 cm³/mol. The van der Waals surface area contributed by atoms with Gasteiger partial charge in [0.25, 0.3) is 5.91 Å². The van der Waals surface area contributed by atoms with Crippen molar-refractivity contribution in [1.29, 1.82) is 0 Å². The normalized spacial score (nSPS) is 10.7. The number of carbonyl (C=O) groups excluding carboxylic acids is 2. The molecule has 0 fully saturated rings. The van der Waals surface area contributed by atoms with Crippen LogP contribution in [0.25, 0.3) is 0 Å². The number of amides is 2. The third-order valence-corrected chi connectivity index (χ3v) is 5.87. The molecule has 146 valence electrons. The Morgan fingerprint density at radius 1 is 1.29 bits per heavy atom. The largest absolute Gasteiger partial charge is 0.345 e. The molecule has 0 saturated carbocycles. The zero-order chi connectivity index (χ0) is 20.1. The third kappa shape index (κ3) is 5.09. The van der Waals surface area contributed by atoms with Crippen LogP contribution in [0.5, 0.6) is 0 Å². The first-order valence-electron chi connectivity index (χ1n) is 8.20. The predicted octanol–water partition coefficient (Wildman–Crippen LogP) is 2.89. The first kappa shape index (κ1) is 20.3. The van der Waals surface area contributed by atoms with Gasteiger partial charge in [-0.05, 0) is 19.1 Å². The number of hydrogen-bond donors (Lipinski definition) is 2. The lowest BCUT2D eigenvalue weighted by atomic mass is 10.2. The van der Waals surface area contributed by atoms with Crippen molar-refractivity contribution in [1.82, 2.24) is 25.1 Å². The number of carbonyl (C=O) groups is 2. The van der Waals surface area contributed by atoms with Gasteiger partial charge in [-0.2, -0.15) is 0 Å². The third-order valence-electron chi connectivity index (χ3n) is 3.65. The number of aryl methyl sites for hydroxylation is 1. The highest BCUT2D eigenvalue weighted by atomic mass is 35.5. The number of halogens is 1. The highest BCUT2D eigenvalue weighted by molar-refractivity contribution is 7.99. The molecule has 0 aliphatic carbocycles. The van der Waals surface area contributed by atoms with Gasteiger partial charge in [-0.1, -0.05) is 35.5 Å². The Hall–Kier alpha value is -2.43. The molecule has 0 spiro atoms. The van der Waals surface area contributed by atoms with Crippen LogP contribution in [-0.2, 0) is 18.4 Å². The number of anilines is 1. The molecule has 0 unspecified atom stereocenters. The van der Waals surface area contributed by atoms with Crippen LogP contribution in [0, 0.1) is 6.92 Å². The molecule has 2 amide bonds. The minimum absolute atomic E-state index is 0.170. The zero-order valence-electron chi connectivity index (χ0n) is 15.1. The van der Waals surface area contributed by atoms with E-state index in [-0.39, 0.29) is 24.1 Å². The molecule has 2 N–H and O–H groups in total. The number of hydrogen-bond acceptors (Lipinski definition) is 7. The van der Waals surface area contributed by atoms with Crippen molar-refractivity contribution in [2.45, 2.75) is 18.6 Å². The van der Waals surface area contributed by atoms with E-state index in [4.69, 9.17) is 11.6 Å². The summed E-state index contributed by atoms with van der Waals surface area (Å²) < 4.78 is 1.73. The van der Waals surface area contributed by atoms with Crippen molar-refractivity contribution in [3.63, 3.8) is 0 Å². The lowest BCUT2D eigenvalue weighted by Gasteiger charge is -2.07. The second-order valence-electron chi connectivity index (χ2n) is 5.75. The molecule has 1 aromatic carbocycles. The smallest absolute Gasteiger partial charge is 0.253 e. The molecule has 0 aliphatic heterocycles. The van der Waals surface area contributed by atoms with Gasteiger partial charge in [-0.25, -0.2) is 4.98 Å². The summed E-state index contributed by atoms with van der Waals surface area (Å²) >= 11 is 8.66. The van der Waals surface area contributed by atoms with E-state index in [0.29, 0.717) is 26.7 Å². The summed E-state index contributed by atoms with van der Waals surface area (Å²) in [6.45, 7) is 2.06. The molecule has 11 heteroatoms. The van der Waals surface area contributed by atoms with Gasteiger partial charge in [0.2, 0.25) is 5.91 Å². The van der Waals surface area contributed by atoms with Gasteiger partial charge >= 0.3 is 0 Å². The van der Waals surface area contributed by atoms with Crippen molar-refractivity contribution >= 4 is 51.6 Å². The SMILES string of the molecule is Cc1csc(NC(=O)CSc2nnc(CNC(=O)c3ccccc3Cl)n2C)n1. The van der Waals surface area contributed by atoms with Gasteiger partial charge in [0.15, 0.2) is 16.1 Å². The Bertz CT molecular complexity index is 1000. The average molecular weight is 437 g/mol. The van der Waals surface area contributed by atoms with E-state index in [9.17, 15) is 9.59 Å². The molecular weight excluding hydrogens is 420 g/mol. The molecule has 0 radical (unpaired) electrons. The molecule has 2 heterocycles. The Labute approximate surface area is 174 Å². The quantitative estimate of drug-likeness (QED) is 0.552. The summed E-state index contributed by atoms with van der Waals surface area (Å²) in [5, 5.41) is 17.1. The van der Waals surface area contributed by atoms with Crippen LogP contribution in [0.4, 0.5) is 5.13 Å². The van der Waals surface area contributed by atoms with Crippen LogP contribution in [0.1, 0.15) is 21.9 Å². The van der Waals surface area contributed by atoms with Crippen LogP contribution in [0.3, 0.4) is 0 Å². The van der Waals surface area contributed by atoms with Crippen molar-refractivity contribution in [2.75, 3.05) is 11.1 Å². The molecule has 8 nitrogen and oxygen atoms in total. The summed E-state index contributed by atoms with van der Waals surface area (Å²) in [6, 6.07) is 6.82. The second-order valence-corrected chi connectivity index (χ2v) is 7.96. The molecule has 2 aromatic heterocycles. The number of thioether (sulfide) groups is 1. The monoisotopic (exact) mass is 436 g/mol. The van der Waals surface area contributed by atoms with Crippen molar-refractivity contribution < 1.29 is 9.59 Å². The Kier molecular flexibility index (Phi) is 6.65. The summed E-state index contributed by atoms with van der Waals surface area (Å²) in [5.74, 6) is 0.284. The van der Waals surface area contributed by atoms with Gasteiger partial charge in [-0.3, -0.25) is 9.59 Å². The first-order chi connectivity index (χ1) is 13.4. The summed E-state index contributed by atoms with van der Waals surface area (Å²) in [6.07, 6.45) is 0. The van der Waals surface area contributed by atoms with Gasteiger partial charge in [0, 0.05) is 12.4 Å². The molecule has 28 heavy (non-hydrogen) atoms. The van der Waals surface area contributed by atoms with Gasteiger partial charge in [0.1, 0.15) is 0 Å². The number of nitrogens with zero attached hydrogens (tertiary/aromatic N) is 4. The van der Waals surface area contributed by atoms with E-state index >= 15 is 0 Å². The van der Waals surface area contributed by atoms with Crippen molar-refractivity contribution in [3.8, 4) is 0 Å². The Balaban J connectivity index is 1.52.